The van der Waals surface area contributed by atoms with Crippen molar-refractivity contribution in [1.82, 2.24) is 10.3 Å². The number of pyridine rings is 1. The Morgan fingerprint density at radius 2 is 2.00 bits per heavy atom. The third-order valence-electron chi connectivity index (χ3n) is 5.49. The summed E-state index contributed by atoms with van der Waals surface area (Å²) in [6, 6.07) is 10.3. The Balaban J connectivity index is 1.75. The van der Waals surface area contributed by atoms with Crippen molar-refractivity contribution in [3.63, 3.8) is 0 Å². The zero-order chi connectivity index (χ0) is 26.7. The number of nitro benzene ring substituents is 1. The number of non-ortho nitro benzene ring substituents is 1. The average molecular weight is 520 g/mol. The van der Waals surface area contributed by atoms with Gasteiger partial charge in [0.1, 0.15) is 47.4 Å². The number of fused-ring (bicyclic) bond motifs is 1. The first-order valence-corrected chi connectivity index (χ1v) is 10.9. The van der Waals surface area contributed by atoms with E-state index >= 15 is 0 Å². The maximum atomic E-state index is 11.0. The summed E-state index contributed by atoms with van der Waals surface area (Å²) in [5.74, 6) is 1.04. The largest absolute Gasteiger partial charge is 0.496 e. The molecule has 1 aromatic heterocycles. The lowest BCUT2D eigenvalue weighted by molar-refractivity contribution is -0.384. The molecule has 1 aliphatic rings. The predicted octanol–water partition coefficient (Wildman–Crippen LogP) is 3.21. The van der Waals surface area contributed by atoms with Crippen LogP contribution >= 0.6 is 11.6 Å². The van der Waals surface area contributed by atoms with E-state index in [2.05, 4.69) is 20.6 Å². The minimum atomic E-state index is -0.764. The molecule has 186 valence electrons. The molecule has 0 radical (unpaired) electrons. The van der Waals surface area contributed by atoms with Gasteiger partial charge in [-0.15, -0.1) is 0 Å². The van der Waals surface area contributed by atoms with Gasteiger partial charge in [-0.1, -0.05) is 17.7 Å². The van der Waals surface area contributed by atoms with Crippen molar-refractivity contribution in [2.24, 2.45) is 4.99 Å². The zero-order valence-corrected chi connectivity index (χ0v) is 19.9. The number of aliphatic imine (C=N–C) groups is 1. The lowest BCUT2D eigenvalue weighted by Gasteiger charge is -2.26. The molecule has 0 aliphatic carbocycles. The van der Waals surface area contributed by atoms with E-state index in [1.165, 1.54) is 25.3 Å². The van der Waals surface area contributed by atoms with Crippen molar-refractivity contribution in [3.05, 3.63) is 73.8 Å². The van der Waals surface area contributed by atoms with E-state index in [0.717, 1.165) is 0 Å². The number of guanidine groups is 1. The average Bonchev–Trinajstić information content (AvgIpc) is 2.87. The summed E-state index contributed by atoms with van der Waals surface area (Å²) >= 11 is 6.15. The van der Waals surface area contributed by atoms with Gasteiger partial charge >= 0.3 is 0 Å². The molecule has 37 heavy (non-hydrogen) atoms. The fraction of sp³-hybridized carbons (Fsp3) is 0.130. The van der Waals surface area contributed by atoms with Gasteiger partial charge in [-0.3, -0.25) is 15.4 Å². The summed E-state index contributed by atoms with van der Waals surface area (Å²) in [6.07, 6.45) is 1.80. The minimum Gasteiger partial charge on any atom is -0.496 e. The summed E-state index contributed by atoms with van der Waals surface area (Å²) in [4.78, 5) is 19.2. The summed E-state index contributed by atoms with van der Waals surface area (Å²) < 4.78 is 11.3. The van der Waals surface area contributed by atoms with Gasteiger partial charge in [0.15, 0.2) is 6.19 Å². The lowest BCUT2D eigenvalue weighted by atomic mass is 9.94. The molecular formula is C23H18ClN9O4. The maximum absolute atomic E-state index is 11.0. The molecule has 13 nitrogen and oxygen atoms in total. The normalized spacial score (nSPS) is 13.7. The molecule has 2 heterocycles. The number of nitriles is 2. The monoisotopic (exact) mass is 519 g/mol. The molecule has 0 bridgehead atoms. The Labute approximate surface area is 215 Å². The molecule has 0 amide bonds. The van der Waals surface area contributed by atoms with E-state index in [0.29, 0.717) is 22.4 Å². The number of rotatable bonds is 6. The van der Waals surface area contributed by atoms with Crippen LogP contribution in [0, 0.1) is 32.9 Å². The maximum Gasteiger partial charge on any atom is 0.271 e. The second-order valence-electron chi connectivity index (χ2n) is 7.63. The van der Waals surface area contributed by atoms with Crippen molar-refractivity contribution in [3.8, 4) is 23.8 Å². The molecule has 0 saturated carbocycles. The van der Waals surface area contributed by atoms with Crippen molar-refractivity contribution in [2.75, 3.05) is 23.9 Å². The number of halogens is 1. The number of nitrogens with zero attached hydrogens (tertiary/aromatic N) is 5. The number of nitro groups is 1. The smallest absolute Gasteiger partial charge is 0.271 e. The van der Waals surface area contributed by atoms with Crippen molar-refractivity contribution in [2.45, 2.75) is 12.6 Å². The van der Waals surface area contributed by atoms with Crippen LogP contribution in [0.5, 0.6) is 11.5 Å². The van der Waals surface area contributed by atoms with E-state index in [1.807, 2.05) is 6.07 Å². The molecule has 14 heteroatoms. The van der Waals surface area contributed by atoms with Gasteiger partial charge < -0.3 is 26.3 Å². The molecule has 0 fully saturated rings. The van der Waals surface area contributed by atoms with Gasteiger partial charge in [-0.25, -0.2) is 9.98 Å². The quantitative estimate of drug-likeness (QED) is 0.160. The highest BCUT2D eigenvalue weighted by molar-refractivity contribution is 6.32. The highest BCUT2D eigenvalue weighted by atomic mass is 35.5. The van der Waals surface area contributed by atoms with Crippen molar-refractivity contribution < 1.29 is 14.4 Å². The van der Waals surface area contributed by atoms with Crippen molar-refractivity contribution in [1.29, 1.82) is 10.5 Å². The summed E-state index contributed by atoms with van der Waals surface area (Å²) in [5.41, 5.74) is 13.8. The van der Waals surface area contributed by atoms with Crippen LogP contribution in [-0.4, -0.2) is 23.0 Å². The fourth-order valence-corrected chi connectivity index (χ4v) is 4.01. The number of benzene rings is 2. The number of hydrogen-bond acceptors (Lipinski definition) is 12. The minimum absolute atomic E-state index is 0.00168. The van der Waals surface area contributed by atoms with E-state index in [1.54, 1.807) is 24.4 Å². The van der Waals surface area contributed by atoms with Crippen LogP contribution in [0.3, 0.4) is 0 Å². The standard InChI is InChI=1S/C23H18ClN9O4/c1-36-16-4-2-11(6-12(16)9-37-17-5-3-13(33(34)35)7-15(17)24)20-18-19(27)14(8-25)21(28)31-22(18)32-23(30-20)29-10-26/h2-7,20H,9H2,1H3,(H6,27,28,29,30,31,32). The third-order valence-corrected chi connectivity index (χ3v) is 5.78. The molecule has 3 aromatic rings. The van der Waals surface area contributed by atoms with Crippen molar-refractivity contribution >= 4 is 40.6 Å². The molecular weight excluding hydrogens is 502 g/mol. The Bertz CT molecular complexity index is 1530. The van der Waals surface area contributed by atoms with Crippen LogP contribution in [0.15, 0.2) is 41.4 Å². The van der Waals surface area contributed by atoms with Crippen LogP contribution < -0.4 is 31.6 Å². The first-order chi connectivity index (χ1) is 17.8. The van der Waals surface area contributed by atoms with Crippen LogP contribution in [0.2, 0.25) is 5.02 Å². The van der Waals surface area contributed by atoms with E-state index < -0.39 is 11.0 Å². The SMILES string of the molecule is COc1ccc(C2N=C(NC#N)Nc3nc(N)c(C#N)c(N)c32)cc1COc1ccc([N+](=O)[O-])cc1Cl. The highest BCUT2D eigenvalue weighted by Gasteiger charge is 2.30. The summed E-state index contributed by atoms with van der Waals surface area (Å²) in [7, 11) is 1.49. The van der Waals surface area contributed by atoms with E-state index in [-0.39, 0.29) is 51.9 Å². The first-order valence-electron chi connectivity index (χ1n) is 10.5. The topological polar surface area (TPSA) is 211 Å². The molecule has 6 N–H and O–H groups in total. The van der Waals surface area contributed by atoms with Gasteiger partial charge in [0.2, 0.25) is 5.96 Å². The molecule has 1 aliphatic heterocycles. The molecule has 1 unspecified atom stereocenters. The van der Waals surface area contributed by atoms with Crippen LogP contribution in [-0.2, 0) is 6.61 Å². The van der Waals surface area contributed by atoms with Gasteiger partial charge in [-0.05, 0) is 23.8 Å². The van der Waals surface area contributed by atoms with E-state index in [4.69, 9.17) is 37.8 Å². The molecule has 2 aromatic carbocycles. The number of ether oxygens (including phenoxy) is 2. The Morgan fingerprint density at radius 1 is 1.24 bits per heavy atom. The van der Waals surface area contributed by atoms with Gasteiger partial charge in [0, 0.05) is 23.3 Å². The third kappa shape index (κ3) is 4.80. The predicted molar refractivity (Wildman–Crippen MR) is 135 cm³/mol. The van der Waals surface area contributed by atoms with E-state index in [9.17, 15) is 15.4 Å². The number of nitrogens with two attached hydrogens (primary N) is 2. The first kappa shape index (κ1) is 24.8. The van der Waals surface area contributed by atoms with Crippen LogP contribution in [0.1, 0.15) is 28.3 Å². The number of nitrogen functional groups attached to an aromatic ring is 2. The summed E-state index contributed by atoms with van der Waals surface area (Å²) in [5, 5.41) is 35.0. The molecule has 4 rings (SSSR count). The number of hydrogen-bond donors (Lipinski definition) is 4. The van der Waals surface area contributed by atoms with Gasteiger partial charge in [0.05, 0.1) is 22.7 Å². The molecule has 0 saturated heterocycles. The number of nitrogens with one attached hydrogen (secondary N) is 2. The molecule has 1 atom stereocenters. The second-order valence-corrected chi connectivity index (χ2v) is 8.04. The number of anilines is 3. The Kier molecular flexibility index (Phi) is 6.81. The fourth-order valence-electron chi connectivity index (χ4n) is 3.78. The van der Waals surface area contributed by atoms with Crippen LogP contribution in [0.25, 0.3) is 0 Å². The Hall–Kier alpha value is -5.27. The number of aromatic nitrogens is 1. The lowest BCUT2D eigenvalue weighted by Crippen LogP contribution is -2.32. The van der Waals surface area contributed by atoms with Gasteiger partial charge in [0.25, 0.3) is 5.69 Å². The Morgan fingerprint density at radius 3 is 2.65 bits per heavy atom. The molecule has 0 spiro atoms. The highest BCUT2D eigenvalue weighted by Crippen LogP contribution is 2.41. The van der Waals surface area contributed by atoms with Gasteiger partial charge in [-0.2, -0.15) is 10.5 Å². The van der Waals surface area contributed by atoms with Crippen LogP contribution in [0.4, 0.5) is 23.0 Å². The number of methoxy groups -OCH3 is 1. The second kappa shape index (κ2) is 10.2. The zero-order valence-electron chi connectivity index (χ0n) is 19.2. The summed E-state index contributed by atoms with van der Waals surface area (Å²) in [6.45, 7) is -0.00168.